The molecule has 158 valence electrons. The fourth-order valence-electron chi connectivity index (χ4n) is 5.92. The highest BCUT2D eigenvalue weighted by atomic mass is 19.4. The third-order valence-corrected chi connectivity index (χ3v) is 7.46. The molecule has 0 aromatic heterocycles. The Morgan fingerprint density at radius 2 is 1.62 bits per heavy atom. The van der Waals surface area contributed by atoms with Gasteiger partial charge >= 0.3 is 6.36 Å². The molecule has 3 aliphatic carbocycles. The number of ether oxygens (including phenoxy) is 1. The van der Waals surface area contributed by atoms with E-state index in [2.05, 4.69) is 6.92 Å². The zero-order valence-corrected chi connectivity index (χ0v) is 17.1. The van der Waals surface area contributed by atoms with Crippen molar-refractivity contribution in [2.24, 2.45) is 23.7 Å². The van der Waals surface area contributed by atoms with Crippen LogP contribution in [-0.2, 0) is 4.74 Å². The second kappa shape index (κ2) is 8.29. The van der Waals surface area contributed by atoms with E-state index >= 15 is 0 Å². The summed E-state index contributed by atoms with van der Waals surface area (Å²) in [4.78, 5) is 0. The molecule has 0 amide bonds. The van der Waals surface area contributed by atoms with Crippen molar-refractivity contribution in [1.82, 2.24) is 0 Å². The van der Waals surface area contributed by atoms with Crippen molar-refractivity contribution in [2.45, 2.75) is 70.3 Å². The lowest BCUT2D eigenvalue weighted by Crippen LogP contribution is -2.45. The molecule has 0 spiro atoms. The fraction of sp³-hybridized carbons (Fsp3) is 0.600. The van der Waals surface area contributed by atoms with E-state index in [0.717, 1.165) is 48.7 Å². The molecule has 3 atom stereocenters. The Kier molecular flexibility index (Phi) is 5.92. The topological polar surface area (TPSA) is 9.23 Å². The third kappa shape index (κ3) is 4.79. The Hall–Kier alpha value is -1.55. The Labute approximate surface area is 172 Å². The molecular weight excluding hydrogens is 373 g/mol. The highest BCUT2D eigenvalue weighted by Gasteiger charge is 2.48. The summed E-state index contributed by atoms with van der Waals surface area (Å²) >= 11 is 0. The highest BCUT2D eigenvalue weighted by Crippen LogP contribution is 2.49. The molecule has 0 saturated heterocycles. The molecule has 1 aromatic rings. The van der Waals surface area contributed by atoms with Gasteiger partial charge < -0.3 is 0 Å². The minimum absolute atomic E-state index is 0.0796. The first-order valence-electron chi connectivity index (χ1n) is 11.1. The van der Waals surface area contributed by atoms with Crippen LogP contribution in [0.4, 0.5) is 13.2 Å². The van der Waals surface area contributed by atoms with E-state index in [1.807, 2.05) is 42.5 Å². The summed E-state index contributed by atoms with van der Waals surface area (Å²) in [6, 6.07) is 9.81. The van der Waals surface area contributed by atoms with Gasteiger partial charge in [0.2, 0.25) is 0 Å². The maximum Gasteiger partial charge on any atom is 0.523 e. The number of rotatable bonds is 4. The number of halogens is 3. The van der Waals surface area contributed by atoms with E-state index in [0.29, 0.717) is 5.92 Å². The molecule has 4 rings (SSSR count). The van der Waals surface area contributed by atoms with Crippen LogP contribution < -0.4 is 0 Å². The van der Waals surface area contributed by atoms with E-state index < -0.39 is 12.0 Å². The number of allylic oxidation sites excluding steroid dienone is 2. The van der Waals surface area contributed by atoms with Crippen molar-refractivity contribution in [2.75, 3.05) is 0 Å². The number of alkyl halides is 3. The lowest BCUT2D eigenvalue weighted by atomic mass is 9.67. The zero-order chi connectivity index (χ0) is 20.5. The Balaban J connectivity index is 1.47. The molecule has 0 aliphatic heterocycles. The van der Waals surface area contributed by atoms with E-state index in [-0.39, 0.29) is 12.3 Å². The van der Waals surface area contributed by atoms with Crippen LogP contribution in [0.2, 0.25) is 0 Å². The fourth-order valence-corrected chi connectivity index (χ4v) is 5.92. The predicted octanol–water partition coefficient (Wildman–Crippen LogP) is 7.55. The molecule has 0 heterocycles. The van der Waals surface area contributed by atoms with Crippen molar-refractivity contribution in [3.8, 4) is 0 Å². The van der Waals surface area contributed by atoms with Crippen LogP contribution in [0.1, 0.15) is 63.9 Å². The van der Waals surface area contributed by atoms with Gasteiger partial charge in [0.05, 0.1) is 0 Å². The van der Waals surface area contributed by atoms with E-state index in [9.17, 15) is 13.2 Å². The number of hydrogen-bond donors (Lipinski definition) is 0. The summed E-state index contributed by atoms with van der Waals surface area (Å²) in [7, 11) is 0. The maximum atomic E-state index is 13.3. The smallest absolute Gasteiger partial charge is 0.280 e. The molecule has 29 heavy (non-hydrogen) atoms. The first-order chi connectivity index (χ1) is 13.8. The quantitative estimate of drug-likeness (QED) is 0.503. The van der Waals surface area contributed by atoms with E-state index in [1.165, 1.54) is 19.3 Å². The van der Waals surface area contributed by atoms with Gasteiger partial charge in [-0.15, -0.1) is 13.2 Å². The van der Waals surface area contributed by atoms with Crippen LogP contribution in [-0.4, -0.2) is 12.0 Å². The molecule has 1 nitrogen and oxygen atoms in total. The average Bonchev–Trinajstić information content (AvgIpc) is 3.14. The average molecular weight is 405 g/mol. The Bertz CT molecular complexity index is 743. The van der Waals surface area contributed by atoms with Crippen molar-refractivity contribution in [1.29, 1.82) is 0 Å². The molecule has 4 heteroatoms. The monoisotopic (exact) mass is 404 g/mol. The summed E-state index contributed by atoms with van der Waals surface area (Å²) < 4.78 is 44.9. The van der Waals surface area contributed by atoms with Crippen LogP contribution in [0.15, 0.2) is 48.6 Å². The second-order valence-corrected chi connectivity index (χ2v) is 9.36. The molecular formula is C25H31F3O. The Morgan fingerprint density at radius 1 is 0.931 bits per heavy atom. The summed E-state index contributed by atoms with van der Waals surface area (Å²) in [6.45, 7) is 2.32. The molecule has 2 fully saturated rings. The predicted molar refractivity (Wildman–Crippen MR) is 110 cm³/mol. The van der Waals surface area contributed by atoms with Gasteiger partial charge in [0.25, 0.3) is 0 Å². The molecule has 3 unspecified atom stereocenters. The van der Waals surface area contributed by atoms with Gasteiger partial charge in [-0.05, 0) is 79.8 Å². The summed E-state index contributed by atoms with van der Waals surface area (Å²) in [6.07, 6.45) is 8.72. The van der Waals surface area contributed by atoms with Crippen molar-refractivity contribution < 1.29 is 17.9 Å². The summed E-state index contributed by atoms with van der Waals surface area (Å²) in [5, 5.41) is 0. The van der Waals surface area contributed by atoms with Gasteiger partial charge in [-0.25, -0.2) is 0 Å². The van der Waals surface area contributed by atoms with E-state index in [4.69, 9.17) is 4.74 Å². The minimum Gasteiger partial charge on any atom is -0.280 e. The standard InChI is InChI=1S/C25H31F3O/c1-18-7-8-22(17-18)20-9-11-23(12-10-20)24(29-25(26,27)28)15-13-21(14-16-24)19-5-3-2-4-6-19/h2-6,13-15,18,20,22-23H,7-12,16-17H2,1H3. The largest absolute Gasteiger partial charge is 0.523 e. The lowest BCUT2D eigenvalue weighted by molar-refractivity contribution is -0.366. The molecule has 1 aromatic carbocycles. The molecule has 3 aliphatic rings. The van der Waals surface area contributed by atoms with E-state index in [1.54, 1.807) is 6.08 Å². The number of hydrogen-bond acceptors (Lipinski definition) is 1. The second-order valence-electron chi connectivity index (χ2n) is 9.36. The molecule has 2 saturated carbocycles. The van der Waals surface area contributed by atoms with Gasteiger partial charge in [0.1, 0.15) is 5.60 Å². The first-order valence-corrected chi connectivity index (χ1v) is 11.1. The van der Waals surface area contributed by atoms with Crippen LogP contribution >= 0.6 is 0 Å². The van der Waals surface area contributed by atoms with Crippen molar-refractivity contribution in [3.05, 3.63) is 54.1 Å². The molecule has 0 radical (unpaired) electrons. The normalized spacial score (nSPS) is 35.5. The highest BCUT2D eigenvalue weighted by molar-refractivity contribution is 5.75. The van der Waals surface area contributed by atoms with Crippen LogP contribution in [0.25, 0.3) is 5.57 Å². The van der Waals surface area contributed by atoms with Gasteiger partial charge in [-0.2, -0.15) is 0 Å². The van der Waals surface area contributed by atoms with Gasteiger partial charge in [-0.3, -0.25) is 4.74 Å². The summed E-state index contributed by atoms with van der Waals surface area (Å²) in [5.74, 6) is 2.18. The van der Waals surface area contributed by atoms with Crippen LogP contribution in [0.3, 0.4) is 0 Å². The summed E-state index contributed by atoms with van der Waals surface area (Å²) in [5.41, 5.74) is 0.744. The van der Waals surface area contributed by atoms with Crippen molar-refractivity contribution in [3.63, 3.8) is 0 Å². The van der Waals surface area contributed by atoms with Gasteiger partial charge in [0.15, 0.2) is 0 Å². The molecule has 0 bridgehead atoms. The maximum absolute atomic E-state index is 13.3. The van der Waals surface area contributed by atoms with Crippen LogP contribution in [0.5, 0.6) is 0 Å². The SMILES string of the molecule is CC1CCC(C2CCC(C3(OC(F)(F)F)C=CC(c4ccccc4)=CC3)CC2)C1. The van der Waals surface area contributed by atoms with Crippen LogP contribution in [0, 0.1) is 23.7 Å². The third-order valence-electron chi connectivity index (χ3n) is 7.46. The Morgan fingerprint density at radius 3 is 2.17 bits per heavy atom. The van der Waals surface area contributed by atoms with Gasteiger partial charge in [0, 0.05) is 0 Å². The van der Waals surface area contributed by atoms with Gasteiger partial charge in [-0.1, -0.05) is 61.9 Å². The van der Waals surface area contributed by atoms with Crippen molar-refractivity contribution >= 4 is 5.57 Å². The lowest BCUT2D eigenvalue weighted by Gasteiger charge is -2.44. The first kappa shape index (κ1) is 20.7. The molecule has 0 N–H and O–H groups in total. The zero-order valence-electron chi connectivity index (χ0n) is 17.1. The number of benzene rings is 1. The minimum atomic E-state index is -4.62.